The molecule has 2 aliphatic rings. The van der Waals surface area contributed by atoms with Crippen LogP contribution in [0.3, 0.4) is 0 Å². The molecule has 1 saturated heterocycles. The quantitative estimate of drug-likeness (QED) is 0.265. The molecule has 8 heteroatoms. The molecule has 0 aromatic heterocycles. The number of ether oxygens (including phenoxy) is 3. The molecule has 7 nitrogen and oxygen atoms in total. The number of cyclic esters (lactones) is 1. The van der Waals surface area contributed by atoms with E-state index in [9.17, 15) is 19.8 Å². The van der Waals surface area contributed by atoms with Gasteiger partial charge in [0.25, 0.3) is 0 Å². The zero-order valence-electron chi connectivity index (χ0n) is 21.5. The second-order valence-corrected chi connectivity index (χ2v) is 11.5. The fraction of sp³-hybridized carbons (Fsp3) is 0.778. The summed E-state index contributed by atoms with van der Waals surface area (Å²) in [7, 11) is 0. The lowest BCUT2D eigenvalue weighted by molar-refractivity contribution is -0.195. The molecule has 8 atom stereocenters. The van der Waals surface area contributed by atoms with Gasteiger partial charge in [-0.25, -0.2) is 0 Å². The second-order valence-electron chi connectivity index (χ2n) is 10.3. The Morgan fingerprint density at radius 2 is 1.89 bits per heavy atom. The van der Waals surface area contributed by atoms with Crippen molar-refractivity contribution in [3.63, 3.8) is 0 Å². The second kappa shape index (κ2) is 15.4. The molecule has 200 valence electrons. The fourth-order valence-electron chi connectivity index (χ4n) is 4.73. The Morgan fingerprint density at radius 1 is 1.14 bits per heavy atom. The van der Waals surface area contributed by atoms with Crippen molar-refractivity contribution in [3.05, 3.63) is 23.8 Å². The van der Waals surface area contributed by atoms with E-state index in [1.54, 1.807) is 12.2 Å². The van der Waals surface area contributed by atoms with Crippen LogP contribution in [-0.4, -0.2) is 57.8 Å². The van der Waals surface area contributed by atoms with Gasteiger partial charge in [0, 0.05) is 18.4 Å². The van der Waals surface area contributed by atoms with Crippen LogP contribution in [0.5, 0.6) is 0 Å². The highest BCUT2D eigenvalue weighted by molar-refractivity contribution is 14.1. The number of ketones is 1. The molecule has 0 aromatic rings. The minimum Gasteiger partial charge on any atom is -0.451 e. The molecular formula is C27H43IO7. The minimum atomic E-state index is -0.852. The lowest BCUT2D eigenvalue weighted by atomic mass is 9.82. The van der Waals surface area contributed by atoms with E-state index in [0.29, 0.717) is 25.9 Å². The first-order chi connectivity index (χ1) is 16.6. The minimum absolute atomic E-state index is 0.0267. The Bertz CT molecular complexity index is 737. The molecule has 0 aromatic carbocycles. The van der Waals surface area contributed by atoms with Gasteiger partial charge in [-0.3, -0.25) is 9.59 Å². The van der Waals surface area contributed by atoms with Gasteiger partial charge in [-0.05, 0) is 92.9 Å². The summed E-state index contributed by atoms with van der Waals surface area (Å²) in [5.41, 5.74) is 0.877. The first-order valence-electron chi connectivity index (χ1n) is 12.9. The number of hydrogen-bond acceptors (Lipinski definition) is 7. The lowest BCUT2D eigenvalue weighted by Crippen LogP contribution is -2.32. The Kier molecular flexibility index (Phi) is 13.4. The van der Waals surface area contributed by atoms with E-state index in [-0.39, 0.29) is 54.9 Å². The molecule has 1 fully saturated rings. The van der Waals surface area contributed by atoms with Crippen molar-refractivity contribution in [2.75, 3.05) is 13.2 Å². The third-order valence-corrected chi connectivity index (χ3v) is 8.10. The molecule has 3 unspecified atom stereocenters. The Hall–Kier alpha value is -0.810. The van der Waals surface area contributed by atoms with Gasteiger partial charge < -0.3 is 24.4 Å². The number of carbonyl (C=O) groups excluding carboxylic acids is 2. The van der Waals surface area contributed by atoms with Gasteiger partial charge in [-0.1, -0.05) is 31.6 Å². The topological polar surface area (TPSA) is 102 Å². The van der Waals surface area contributed by atoms with Gasteiger partial charge in [-0.2, -0.15) is 0 Å². The summed E-state index contributed by atoms with van der Waals surface area (Å²) in [6.07, 6.45) is 9.01. The summed E-state index contributed by atoms with van der Waals surface area (Å²) in [6, 6.07) is 0. The number of hydrogen-bond donors (Lipinski definition) is 2. The molecule has 0 amide bonds. The molecule has 2 aliphatic heterocycles. The van der Waals surface area contributed by atoms with Gasteiger partial charge in [0.2, 0.25) is 0 Å². The maximum atomic E-state index is 12.8. The summed E-state index contributed by atoms with van der Waals surface area (Å²) in [6.45, 7) is 8.09. The van der Waals surface area contributed by atoms with E-state index in [2.05, 4.69) is 22.6 Å². The Labute approximate surface area is 223 Å². The molecule has 2 heterocycles. The predicted molar refractivity (Wildman–Crippen MR) is 143 cm³/mol. The largest absolute Gasteiger partial charge is 0.451 e. The van der Waals surface area contributed by atoms with E-state index in [4.69, 9.17) is 14.2 Å². The zero-order chi connectivity index (χ0) is 26.0. The van der Waals surface area contributed by atoms with E-state index < -0.39 is 16.2 Å². The average molecular weight is 607 g/mol. The Morgan fingerprint density at radius 3 is 2.57 bits per heavy atom. The van der Waals surface area contributed by atoms with Crippen molar-refractivity contribution in [1.82, 2.24) is 0 Å². The van der Waals surface area contributed by atoms with Crippen molar-refractivity contribution in [3.8, 4) is 0 Å². The molecule has 2 rings (SSSR count). The number of allylic oxidation sites excluding steroid dienone is 3. The van der Waals surface area contributed by atoms with Crippen LogP contribution in [0.25, 0.3) is 0 Å². The van der Waals surface area contributed by atoms with Crippen LogP contribution in [-0.2, 0) is 23.8 Å². The molecule has 2 N–H and O–H groups in total. The third kappa shape index (κ3) is 11.0. The van der Waals surface area contributed by atoms with Crippen LogP contribution in [0.15, 0.2) is 23.8 Å². The monoisotopic (exact) mass is 606 g/mol. The van der Waals surface area contributed by atoms with E-state index in [1.165, 1.54) is 0 Å². The van der Waals surface area contributed by atoms with Crippen LogP contribution in [0.2, 0.25) is 0 Å². The normalized spacial score (nSPS) is 38.9. The highest BCUT2D eigenvalue weighted by atomic mass is 127. The van der Waals surface area contributed by atoms with E-state index in [1.807, 2.05) is 33.8 Å². The van der Waals surface area contributed by atoms with E-state index in [0.717, 1.165) is 24.8 Å². The van der Waals surface area contributed by atoms with Crippen LogP contribution in [0.4, 0.5) is 0 Å². The highest BCUT2D eigenvalue weighted by Gasteiger charge is 2.28. The molecule has 0 spiro atoms. The van der Waals surface area contributed by atoms with Crippen molar-refractivity contribution < 1.29 is 34.0 Å². The summed E-state index contributed by atoms with van der Waals surface area (Å²) >= 11 is 2.09. The SMILES string of the molecule is CC1=C\C(COC2CCCC(C)O2)[C@@H](I)OC(=O)C[C@@H](O)[C@H](C)C[C@@H](CCO)C[C@@H](C)C(=O)\C=C\1. The highest BCUT2D eigenvalue weighted by Crippen LogP contribution is 2.28. The number of alkyl halides is 1. The van der Waals surface area contributed by atoms with Crippen molar-refractivity contribution in [1.29, 1.82) is 0 Å². The first kappa shape index (κ1) is 30.4. The number of esters is 1. The maximum Gasteiger partial charge on any atom is 0.309 e. The molecule has 0 radical (unpaired) electrons. The number of aliphatic hydroxyl groups is 2. The number of rotatable bonds is 5. The molecule has 35 heavy (non-hydrogen) atoms. The predicted octanol–water partition coefficient (Wildman–Crippen LogP) is 4.73. The molecule has 0 saturated carbocycles. The van der Waals surface area contributed by atoms with Crippen molar-refractivity contribution in [2.45, 2.75) is 95.2 Å². The van der Waals surface area contributed by atoms with Crippen molar-refractivity contribution in [2.24, 2.45) is 23.7 Å². The smallest absolute Gasteiger partial charge is 0.309 e. The van der Waals surface area contributed by atoms with Crippen LogP contribution < -0.4 is 0 Å². The molecule has 0 aliphatic carbocycles. The Balaban J connectivity index is 2.21. The lowest BCUT2D eigenvalue weighted by Gasteiger charge is -2.30. The van der Waals surface area contributed by atoms with Gasteiger partial charge in [0.05, 0.1) is 25.2 Å². The fourth-order valence-corrected chi connectivity index (χ4v) is 5.42. The van der Waals surface area contributed by atoms with Crippen LogP contribution in [0, 0.1) is 23.7 Å². The van der Waals surface area contributed by atoms with Crippen LogP contribution >= 0.6 is 22.6 Å². The summed E-state index contributed by atoms with van der Waals surface area (Å²) in [5.74, 6) is -0.929. The van der Waals surface area contributed by atoms with E-state index >= 15 is 0 Å². The number of aliphatic hydroxyl groups excluding tert-OH is 2. The van der Waals surface area contributed by atoms with Gasteiger partial charge in [0.15, 0.2) is 16.2 Å². The summed E-state index contributed by atoms with van der Waals surface area (Å²) < 4.78 is 17.1. The van der Waals surface area contributed by atoms with Crippen LogP contribution in [0.1, 0.15) is 72.6 Å². The van der Waals surface area contributed by atoms with Crippen molar-refractivity contribution >= 4 is 34.3 Å². The number of halogens is 1. The zero-order valence-corrected chi connectivity index (χ0v) is 23.7. The first-order valence-corrected chi connectivity index (χ1v) is 14.1. The molecular weight excluding hydrogens is 563 g/mol. The summed E-state index contributed by atoms with van der Waals surface area (Å²) in [4.78, 5) is 25.4. The third-order valence-electron chi connectivity index (χ3n) is 6.92. The number of carbonyl (C=O) groups is 2. The standard InChI is InChI=1S/C27H43IO7/c1-17-8-9-23(30)18(2)13-21(10-11-29)14-19(3)24(31)15-25(32)35-27(28)22(12-17)16-33-26-7-5-6-20(4)34-26/h8-9,12,18-22,24,26-27,29,31H,5-7,10-11,13-16H2,1-4H3/b9-8+,17-12+/t18-,19-,20?,21+,22?,24-,26?,27+/m1/s1. The van der Waals surface area contributed by atoms with Gasteiger partial charge in [-0.15, -0.1) is 0 Å². The molecule has 0 bridgehead atoms. The average Bonchev–Trinajstić information content (AvgIpc) is 2.79. The maximum absolute atomic E-state index is 12.8. The van der Waals surface area contributed by atoms with Gasteiger partial charge in [0.1, 0.15) is 0 Å². The van der Waals surface area contributed by atoms with Gasteiger partial charge >= 0.3 is 5.97 Å². The summed E-state index contributed by atoms with van der Waals surface area (Å²) in [5, 5.41) is 20.1.